The first-order valence-corrected chi connectivity index (χ1v) is 13.1. The van der Waals surface area contributed by atoms with Crippen LogP contribution in [0.25, 0.3) is 21.1 Å². The van der Waals surface area contributed by atoms with Crippen molar-refractivity contribution in [3.63, 3.8) is 0 Å². The molecule has 0 aliphatic heterocycles. The maximum absolute atomic E-state index is 13.3. The van der Waals surface area contributed by atoms with Gasteiger partial charge in [0.05, 0.1) is 32.9 Å². The molecule has 0 radical (unpaired) electrons. The zero-order chi connectivity index (χ0) is 22.9. The molecule has 1 amide bonds. The van der Waals surface area contributed by atoms with E-state index in [2.05, 4.69) is 6.07 Å². The second kappa shape index (κ2) is 9.27. The number of hydrogen-bond acceptors (Lipinski definition) is 6. The van der Waals surface area contributed by atoms with E-state index in [-0.39, 0.29) is 29.3 Å². The fourth-order valence-corrected chi connectivity index (χ4v) is 6.44. The highest BCUT2D eigenvalue weighted by atomic mass is 32.2. The number of aromatic nitrogens is 3. The standard InChI is InChI=1S/C25H26N4O2S2/c1-16(23-26-20-13-7-8-14-21(20)33-23)28(2)22(30)15-32-25-27-19-12-6-5-11-18(19)24(31)29(25)17-9-3-4-10-17/h5-8,11-14,16-17H,3-4,9-10,15H2,1-2H3/t16-/m1/s1. The number of rotatable bonds is 6. The summed E-state index contributed by atoms with van der Waals surface area (Å²) >= 11 is 2.98. The lowest BCUT2D eigenvalue weighted by Gasteiger charge is -2.24. The summed E-state index contributed by atoms with van der Waals surface area (Å²) in [6.07, 6.45) is 4.21. The fraction of sp³-hybridized carbons (Fsp3) is 0.360. The number of thiazole rings is 1. The van der Waals surface area contributed by atoms with E-state index in [9.17, 15) is 9.59 Å². The number of nitrogens with zero attached hydrogens (tertiary/aromatic N) is 4. The third kappa shape index (κ3) is 4.29. The van der Waals surface area contributed by atoms with Crippen LogP contribution in [0.2, 0.25) is 0 Å². The minimum atomic E-state index is -0.128. The summed E-state index contributed by atoms with van der Waals surface area (Å²) < 4.78 is 2.96. The molecule has 2 aromatic carbocycles. The van der Waals surface area contributed by atoms with E-state index in [1.807, 2.05) is 61.0 Å². The fourth-order valence-electron chi connectivity index (χ4n) is 4.39. The SMILES string of the molecule is C[C@H](c1nc2ccccc2s1)N(C)C(=O)CSc1nc2ccccc2c(=O)n1C1CCCC1. The van der Waals surface area contributed by atoms with Crippen molar-refractivity contribution in [2.75, 3.05) is 12.8 Å². The van der Waals surface area contributed by atoms with Crippen molar-refractivity contribution in [2.24, 2.45) is 0 Å². The van der Waals surface area contributed by atoms with Crippen LogP contribution in [-0.2, 0) is 4.79 Å². The van der Waals surface area contributed by atoms with Crippen molar-refractivity contribution in [1.82, 2.24) is 19.4 Å². The molecule has 8 heteroatoms. The summed E-state index contributed by atoms with van der Waals surface area (Å²) in [5.74, 6) is 0.218. The van der Waals surface area contributed by atoms with Crippen molar-refractivity contribution in [2.45, 2.75) is 49.8 Å². The van der Waals surface area contributed by atoms with Crippen LogP contribution in [0, 0.1) is 0 Å². The van der Waals surface area contributed by atoms with Gasteiger partial charge < -0.3 is 4.90 Å². The van der Waals surface area contributed by atoms with Gasteiger partial charge in [0.2, 0.25) is 5.91 Å². The summed E-state index contributed by atoms with van der Waals surface area (Å²) in [6, 6.07) is 15.5. The van der Waals surface area contributed by atoms with Crippen LogP contribution >= 0.6 is 23.1 Å². The van der Waals surface area contributed by atoms with Gasteiger partial charge in [0.1, 0.15) is 5.01 Å². The van der Waals surface area contributed by atoms with Gasteiger partial charge in [-0.1, -0.05) is 48.9 Å². The molecule has 1 saturated carbocycles. The Bertz CT molecular complexity index is 1340. The van der Waals surface area contributed by atoms with Crippen molar-refractivity contribution < 1.29 is 4.79 Å². The molecule has 1 fully saturated rings. The molecule has 33 heavy (non-hydrogen) atoms. The molecular formula is C25H26N4O2S2. The molecule has 5 rings (SSSR count). The molecule has 1 atom stereocenters. The predicted molar refractivity (Wildman–Crippen MR) is 135 cm³/mol. The number of amides is 1. The van der Waals surface area contributed by atoms with Crippen LogP contribution in [0.4, 0.5) is 0 Å². The molecule has 170 valence electrons. The van der Waals surface area contributed by atoms with Crippen molar-refractivity contribution >= 4 is 50.1 Å². The largest absolute Gasteiger partial charge is 0.336 e. The molecular weight excluding hydrogens is 452 g/mol. The Morgan fingerprint density at radius 2 is 1.82 bits per heavy atom. The molecule has 0 N–H and O–H groups in total. The Balaban J connectivity index is 1.37. The van der Waals surface area contributed by atoms with Crippen LogP contribution in [0.5, 0.6) is 0 Å². The lowest BCUT2D eigenvalue weighted by atomic mass is 10.2. The topological polar surface area (TPSA) is 68.1 Å². The Kier molecular flexibility index (Phi) is 6.21. The summed E-state index contributed by atoms with van der Waals surface area (Å²) in [6.45, 7) is 2.00. The van der Waals surface area contributed by atoms with Gasteiger partial charge in [0, 0.05) is 13.1 Å². The molecule has 0 unspecified atom stereocenters. The first kappa shape index (κ1) is 22.1. The highest BCUT2D eigenvalue weighted by Gasteiger charge is 2.25. The minimum Gasteiger partial charge on any atom is -0.336 e. The number of hydrogen-bond donors (Lipinski definition) is 0. The predicted octanol–water partition coefficient (Wildman–Crippen LogP) is 5.43. The lowest BCUT2D eigenvalue weighted by Crippen LogP contribution is -2.32. The van der Waals surface area contributed by atoms with Gasteiger partial charge in [-0.25, -0.2) is 9.97 Å². The lowest BCUT2D eigenvalue weighted by molar-refractivity contribution is -0.128. The van der Waals surface area contributed by atoms with E-state index in [4.69, 9.17) is 9.97 Å². The van der Waals surface area contributed by atoms with E-state index in [1.54, 1.807) is 16.2 Å². The first-order chi connectivity index (χ1) is 16.0. The van der Waals surface area contributed by atoms with Gasteiger partial charge in [0.25, 0.3) is 5.56 Å². The Labute approximate surface area is 200 Å². The van der Waals surface area contributed by atoms with Crippen molar-refractivity contribution in [3.8, 4) is 0 Å². The monoisotopic (exact) mass is 478 g/mol. The Morgan fingerprint density at radius 3 is 2.58 bits per heavy atom. The average molecular weight is 479 g/mol. The molecule has 0 bridgehead atoms. The summed E-state index contributed by atoms with van der Waals surface area (Å²) in [5, 5.41) is 2.20. The summed E-state index contributed by atoms with van der Waals surface area (Å²) in [4.78, 5) is 37.6. The summed E-state index contributed by atoms with van der Waals surface area (Å²) in [7, 11) is 1.82. The van der Waals surface area contributed by atoms with E-state index < -0.39 is 0 Å². The van der Waals surface area contributed by atoms with Crippen LogP contribution in [0.15, 0.2) is 58.5 Å². The van der Waals surface area contributed by atoms with Crippen LogP contribution in [0.1, 0.15) is 49.7 Å². The molecule has 2 heterocycles. The number of carbonyl (C=O) groups is 1. The van der Waals surface area contributed by atoms with Gasteiger partial charge in [-0.3, -0.25) is 14.2 Å². The van der Waals surface area contributed by atoms with E-state index in [0.717, 1.165) is 40.9 Å². The molecule has 4 aromatic rings. The highest BCUT2D eigenvalue weighted by Crippen LogP contribution is 2.33. The van der Waals surface area contributed by atoms with Gasteiger partial charge in [-0.15, -0.1) is 11.3 Å². The number of para-hydroxylation sites is 2. The van der Waals surface area contributed by atoms with Gasteiger partial charge in [-0.05, 0) is 44.0 Å². The third-order valence-electron chi connectivity index (χ3n) is 6.43. The van der Waals surface area contributed by atoms with Crippen molar-refractivity contribution in [1.29, 1.82) is 0 Å². The number of fused-ring (bicyclic) bond motifs is 2. The van der Waals surface area contributed by atoms with Crippen molar-refractivity contribution in [3.05, 3.63) is 63.9 Å². The number of thioether (sulfide) groups is 1. The van der Waals surface area contributed by atoms with Gasteiger partial charge >= 0.3 is 0 Å². The quantitative estimate of drug-likeness (QED) is 0.273. The molecule has 1 aliphatic rings. The average Bonchev–Trinajstić information content (AvgIpc) is 3.51. The highest BCUT2D eigenvalue weighted by molar-refractivity contribution is 7.99. The van der Waals surface area contributed by atoms with E-state index >= 15 is 0 Å². The maximum Gasteiger partial charge on any atom is 0.262 e. The molecule has 0 saturated heterocycles. The molecule has 0 spiro atoms. The Morgan fingerprint density at radius 1 is 1.12 bits per heavy atom. The zero-order valence-corrected chi connectivity index (χ0v) is 20.4. The van der Waals surface area contributed by atoms with Gasteiger partial charge in [0.15, 0.2) is 5.16 Å². The minimum absolute atomic E-state index is 0.00125. The molecule has 6 nitrogen and oxygen atoms in total. The smallest absolute Gasteiger partial charge is 0.262 e. The second-order valence-electron chi connectivity index (χ2n) is 8.51. The number of carbonyl (C=O) groups excluding carboxylic acids is 1. The Hall–Kier alpha value is -2.71. The summed E-state index contributed by atoms with van der Waals surface area (Å²) in [5.41, 5.74) is 1.64. The maximum atomic E-state index is 13.3. The molecule has 2 aromatic heterocycles. The van der Waals surface area contributed by atoms with Crippen LogP contribution < -0.4 is 5.56 Å². The zero-order valence-electron chi connectivity index (χ0n) is 18.7. The van der Waals surface area contributed by atoms with E-state index in [1.165, 1.54) is 11.8 Å². The van der Waals surface area contributed by atoms with Gasteiger partial charge in [-0.2, -0.15) is 0 Å². The third-order valence-corrected chi connectivity index (χ3v) is 8.58. The normalized spacial score (nSPS) is 15.3. The van der Waals surface area contributed by atoms with E-state index in [0.29, 0.717) is 16.1 Å². The number of benzene rings is 2. The van der Waals surface area contributed by atoms with Crippen LogP contribution in [-0.4, -0.2) is 38.1 Å². The van der Waals surface area contributed by atoms with Crippen LogP contribution in [0.3, 0.4) is 0 Å². The molecule has 1 aliphatic carbocycles. The first-order valence-electron chi connectivity index (χ1n) is 11.3. The second-order valence-corrected chi connectivity index (χ2v) is 10.5.